The molecule has 0 radical (unpaired) electrons. The number of hydrogen-bond donors (Lipinski definition) is 2. The van der Waals surface area contributed by atoms with E-state index in [0.717, 1.165) is 31.8 Å². The van der Waals surface area contributed by atoms with Crippen molar-refractivity contribution >= 4 is 17.7 Å². The van der Waals surface area contributed by atoms with Crippen LogP contribution >= 0.6 is 11.8 Å². The summed E-state index contributed by atoms with van der Waals surface area (Å²) in [6.07, 6.45) is 0.998. The molecular weight excluding hydrogens is 226 g/mol. The fourth-order valence-electron chi connectivity index (χ4n) is 2.38. The molecule has 1 unspecified atom stereocenters. The first-order valence-electron chi connectivity index (χ1n) is 5.59. The van der Waals surface area contributed by atoms with Crippen LogP contribution in [0, 0.1) is 0 Å². The van der Waals surface area contributed by atoms with Gasteiger partial charge in [0.2, 0.25) is 5.91 Å². The van der Waals surface area contributed by atoms with E-state index in [-0.39, 0.29) is 17.4 Å². The second kappa shape index (κ2) is 4.52. The van der Waals surface area contributed by atoms with E-state index in [1.54, 1.807) is 4.90 Å². The molecule has 16 heavy (non-hydrogen) atoms. The molecule has 92 valence electrons. The van der Waals surface area contributed by atoms with Gasteiger partial charge in [0.05, 0.1) is 11.5 Å². The van der Waals surface area contributed by atoms with Crippen molar-refractivity contribution < 1.29 is 9.90 Å². The molecule has 5 nitrogen and oxygen atoms in total. The Morgan fingerprint density at radius 3 is 2.94 bits per heavy atom. The van der Waals surface area contributed by atoms with Crippen LogP contribution in [0.4, 0.5) is 0 Å². The molecule has 0 aromatic heterocycles. The normalized spacial score (nSPS) is 32.6. The number of likely N-dealkylation sites (tertiary alicyclic amines) is 1. The molecule has 0 saturated carbocycles. The Morgan fingerprint density at radius 2 is 2.38 bits per heavy atom. The lowest BCUT2D eigenvalue weighted by Crippen LogP contribution is -2.48. The molecule has 6 heteroatoms. The fourth-order valence-corrected chi connectivity index (χ4v) is 3.92. The lowest BCUT2D eigenvalue weighted by atomic mass is 10.2. The van der Waals surface area contributed by atoms with Crippen LogP contribution in [0.2, 0.25) is 0 Å². The predicted molar refractivity (Wildman–Crippen MR) is 64.1 cm³/mol. The molecule has 2 rings (SSSR count). The van der Waals surface area contributed by atoms with Crippen molar-refractivity contribution in [1.29, 1.82) is 0 Å². The van der Waals surface area contributed by atoms with Gasteiger partial charge >= 0.3 is 0 Å². The topological polar surface area (TPSA) is 69.8 Å². The second-order valence-corrected chi connectivity index (χ2v) is 5.97. The summed E-state index contributed by atoms with van der Waals surface area (Å²) in [6.45, 7) is 2.30. The van der Waals surface area contributed by atoms with Crippen LogP contribution in [0.25, 0.3) is 0 Å². The van der Waals surface area contributed by atoms with Gasteiger partial charge in [0.15, 0.2) is 0 Å². The first-order chi connectivity index (χ1) is 7.59. The monoisotopic (exact) mass is 245 g/mol. The third-order valence-electron chi connectivity index (χ3n) is 3.53. The number of nitrogens with two attached hydrogens (primary N) is 1. The highest BCUT2D eigenvalue weighted by Crippen LogP contribution is 2.41. The SMILES string of the molecule is CN1CCSC12CCN(C(=O)[C@@H](N)CO)C2. The van der Waals surface area contributed by atoms with E-state index in [4.69, 9.17) is 10.8 Å². The number of aliphatic hydroxyl groups excluding tert-OH is 1. The summed E-state index contributed by atoms with van der Waals surface area (Å²) in [5.74, 6) is 1.00. The minimum absolute atomic E-state index is 0.102. The van der Waals surface area contributed by atoms with Gasteiger partial charge in [-0.2, -0.15) is 0 Å². The second-order valence-electron chi connectivity index (χ2n) is 4.52. The molecule has 0 aliphatic carbocycles. The van der Waals surface area contributed by atoms with Gasteiger partial charge in [-0.15, -0.1) is 11.8 Å². The van der Waals surface area contributed by atoms with Crippen LogP contribution in [0.15, 0.2) is 0 Å². The minimum atomic E-state index is -0.758. The lowest BCUT2D eigenvalue weighted by Gasteiger charge is -2.31. The first kappa shape index (κ1) is 12.2. The summed E-state index contributed by atoms with van der Waals surface area (Å²) in [6, 6.07) is -0.758. The Labute approximate surface area is 100.0 Å². The summed E-state index contributed by atoms with van der Waals surface area (Å²) in [5, 5.41) is 8.89. The molecule has 1 spiro atoms. The summed E-state index contributed by atoms with van der Waals surface area (Å²) in [4.78, 5) is 16.1. The van der Waals surface area contributed by atoms with Gasteiger partial charge in [-0.3, -0.25) is 9.69 Å². The van der Waals surface area contributed by atoms with Crippen LogP contribution in [0.5, 0.6) is 0 Å². The van der Waals surface area contributed by atoms with E-state index in [0.29, 0.717) is 0 Å². The number of hydrogen-bond acceptors (Lipinski definition) is 5. The number of carbonyl (C=O) groups excluding carboxylic acids is 1. The standard InChI is InChI=1S/C10H19N3O2S/c1-12-4-5-16-10(12)2-3-13(7-10)9(15)8(11)6-14/h8,14H,2-7,11H2,1H3/t8-,10?/m0/s1. The molecule has 2 fully saturated rings. The molecule has 2 atom stereocenters. The molecule has 2 heterocycles. The number of rotatable bonds is 2. The fraction of sp³-hybridized carbons (Fsp3) is 0.900. The highest BCUT2D eigenvalue weighted by molar-refractivity contribution is 8.00. The minimum Gasteiger partial charge on any atom is -0.394 e. The Hall–Kier alpha value is -0.300. The van der Waals surface area contributed by atoms with Crippen molar-refractivity contribution in [3.63, 3.8) is 0 Å². The van der Waals surface area contributed by atoms with Crippen molar-refractivity contribution in [3.05, 3.63) is 0 Å². The molecule has 0 aromatic rings. The van der Waals surface area contributed by atoms with E-state index >= 15 is 0 Å². The zero-order valence-electron chi connectivity index (χ0n) is 9.56. The number of nitrogens with zero attached hydrogens (tertiary/aromatic N) is 2. The third kappa shape index (κ3) is 1.95. The average Bonchev–Trinajstić information content (AvgIpc) is 2.86. The highest BCUT2D eigenvalue weighted by Gasteiger charge is 2.46. The van der Waals surface area contributed by atoms with Gasteiger partial charge in [-0.25, -0.2) is 0 Å². The number of likely N-dealkylation sites (N-methyl/N-ethyl adjacent to an activating group) is 1. The van der Waals surface area contributed by atoms with Crippen molar-refractivity contribution in [3.8, 4) is 0 Å². The molecular formula is C10H19N3O2S. The maximum atomic E-state index is 11.8. The molecule has 2 aliphatic heterocycles. The van der Waals surface area contributed by atoms with Crippen molar-refractivity contribution in [1.82, 2.24) is 9.80 Å². The number of thioether (sulfide) groups is 1. The summed E-state index contributed by atoms with van der Waals surface area (Å²) < 4.78 is 0. The van der Waals surface area contributed by atoms with Gasteiger partial charge in [-0.05, 0) is 13.5 Å². The van der Waals surface area contributed by atoms with E-state index in [1.807, 2.05) is 11.8 Å². The summed E-state index contributed by atoms with van der Waals surface area (Å²) in [7, 11) is 2.11. The largest absolute Gasteiger partial charge is 0.394 e. The maximum Gasteiger partial charge on any atom is 0.241 e. The van der Waals surface area contributed by atoms with Gasteiger partial charge in [0.1, 0.15) is 6.04 Å². The average molecular weight is 245 g/mol. The maximum absolute atomic E-state index is 11.8. The van der Waals surface area contributed by atoms with Crippen molar-refractivity contribution in [2.24, 2.45) is 5.73 Å². The van der Waals surface area contributed by atoms with Crippen molar-refractivity contribution in [2.75, 3.05) is 39.0 Å². The zero-order chi connectivity index (χ0) is 11.8. The van der Waals surface area contributed by atoms with E-state index in [9.17, 15) is 4.79 Å². The smallest absolute Gasteiger partial charge is 0.241 e. The van der Waals surface area contributed by atoms with Crippen LogP contribution < -0.4 is 5.73 Å². The van der Waals surface area contributed by atoms with Crippen LogP contribution in [0.3, 0.4) is 0 Å². The lowest BCUT2D eigenvalue weighted by molar-refractivity contribution is -0.132. The molecule has 2 saturated heterocycles. The Kier molecular flexibility index (Phi) is 3.44. The van der Waals surface area contributed by atoms with Crippen LogP contribution in [0.1, 0.15) is 6.42 Å². The van der Waals surface area contributed by atoms with Gasteiger partial charge in [0, 0.05) is 25.4 Å². The zero-order valence-corrected chi connectivity index (χ0v) is 10.4. The number of carbonyl (C=O) groups is 1. The van der Waals surface area contributed by atoms with Crippen molar-refractivity contribution in [2.45, 2.75) is 17.3 Å². The Bertz CT molecular complexity index is 289. The van der Waals surface area contributed by atoms with Gasteiger partial charge in [0.25, 0.3) is 0 Å². The van der Waals surface area contributed by atoms with Crippen LogP contribution in [-0.4, -0.2) is 70.8 Å². The van der Waals surface area contributed by atoms with Gasteiger partial charge < -0.3 is 15.7 Å². The molecule has 0 aromatic carbocycles. The van der Waals surface area contributed by atoms with E-state index < -0.39 is 6.04 Å². The summed E-state index contributed by atoms with van der Waals surface area (Å²) >= 11 is 1.93. The quantitative estimate of drug-likeness (QED) is 0.647. The highest BCUT2D eigenvalue weighted by atomic mass is 32.2. The first-order valence-corrected chi connectivity index (χ1v) is 6.58. The number of amides is 1. The van der Waals surface area contributed by atoms with E-state index in [1.165, 1.54) is 0 Å². The molecule has 3 N–H and O–H groups in total. The van der Waals surface area contributed by atoms with Crippen LogP contribution in [-0.2, 0) is 4.79 Å². The molecule has 1 amide bonds. The molecule has 0 bridgehead atoms. The van der Waals surface area contributed by atoms with E-state index in [2.05, 4.69) is 11.9 Å². The predicted octanol–water partition coefficient (Wildman–Crippen LogP) is -1.09. The number of aliphatic hydroxyl groups is 1. The van der Waals surface area contributed by atoms with Gasteiger partial charge in [-0.1, -0.05) is 0 Å². The molecule has 2 aliphatic rings. The Balaban J connectivity index is 2.00. The summed E-state index contributed by atoms with van der Waals surface area (Å²) in [5.41, 5.74) is 5.56. The Morgan fingerprint density at radius 1 is 1.62 bits per heavy atom. The third-order valence-corrected chi connectivity index (χ3v) is 5.10.